The highest BCUT2D eigenvalue weighted by Crippen LogP contribution is 2.23. The van der Waals surface area contributed by atoms with Crippen LogP contribution in [0.3, 0.4) is 0 Å². The normalized spacial score (nSPS) is 25.4. The molecule has 5 nitrogen and oxygen atoms in total. The first kappa shape index (κ1) is 11.6. The summed E-state index contributed by atoms with van der Waals surface area (Å²) in [6.07, 6.45) is 4.97. The SMILES string of the molecule is Nc1ncc(Br)nc1NC1CCC(O)CC1. The van der Waals surface area contributed by atoms with E-state index in [0.29, 0.717) is 22.3 Å². The number of aliphatic hydroxyl groups is 1. The number of hydrogen-bond acceptors (Lipinski definition) is 5. The van der Waals surface area contributed by atoms with E-state index in [-0.39, 0.29) is 6.10 Å². The molecule has 88 valence electrons. The van der Waals surface area contributed by atoms with Crippen LogP contribution in [0, 0.1) is 0 Å². The summed E-state index contributed by atoms with van der Waals surface area (Å²) in [7, 11) is 0. The van der Waals surface area contributed by atoms with E-state index in [4.69, 9.17) is 5.73 Å². The summed E-state index contributed by atoms with van der Waals surface area (Å²) < 4.78 is 0.667. The standard InChI is InChI=1S/C10H15BrN4O/c11-8-5-13-9(12)10(15-8)14-6-1-3-7(16)4-2-6/h5-7,16H,1-4H2,(H2,12,13)(H,14,15). The van der Waals surface area contributed by atoms with Gasteiger partial charge in [0.1, 0.15) is 4.60 Å². The van der Waals surface area contributed by atoms with E-state index in [1.807, 2.05) is 0 Å². The number of nitrogens with two attached hydrogens (primary N) is 1. The maximum atomic E-state index is 9.40. The molecule has 0 unspecified atom stereocenters. The van der Waals surface area contributed by atoms with Gasteiger partial charge in [-0.05, 0) is 41.6 Å². The molecule has 4 N–H and O–H groups in total. The van der Waals surface area contributed by atoms with Gasteiger partial charge in [0.05, 0.1) is 12.3 Å². The van der Waals surface area contributed by atoms with E-state index < -0.39 is 0 Å². The van der Waals surface area contributed by atoms with E-state index in [2.05, 4.69) is 31.2 Å². The summed E-state index contributed by atoms with van der Waals surface area (Å²) in [6, 6.07) is 0.328. The zero-order valence-corrected chi connectivity index (χ0v) is 10.4. The molecular weight excluding hydrogens is 272 g/mol. The number of nitrogen functional groups attached to an aromatic ring is 1. The fourth-order valence-electron chi connectivity index (χ4n) is 1.90. The minimum absolute atomic E-state index is 0.149. The average molecular weight is 287 g/mol. The molecule has 1 aromatic rings. The van der Waals surface area contributed by atoms with Gasteiger partial charge in [-0.3, -0.25) is 0 Å². The maximum absolute atomic E-state index is 9.40. The molecule has 0 spiro atoms. The van der Waals surface area contributed by atoms with E-state index in [1.54, 1.807) is 6.20 Å². The summed E-state index contributed by atoms with van der Waals surface area (Å²) in [6.45, 7) is 0. The Labute approximate surface area is 103 Å². The quantitative estimate of drug-likeness (QED) is 0.768. The van der Waals surface area contributed by atoms with Crippen molar-refractivity contribution in [2.24, 2.45) is 0 Å². The van der Waals surface area contributed by atoms with Crippen LogP contribution >= 0.6 is 15.9 Å². The van der Waals surface area contributed by atoms with E-state index >= 15 is 0 Å². The Hall–Kier alpha value is -0.880. The Morgan fingerprint density at radius 1 is 1.38 bits per heavy atom. The minimum atomic E-state index is -0.149. The van der Waals surface area contributed by atoms with Crippen molar-refractivity contribution in [3.05, 3.63) is 10.8 Å². The topological polar surface area (TPSA) is 84.1 Å². The second-order valence-electron chi connectivity index (χ2n) is 4.08. The van der Waals surface area contributed by atoms with Gasteiger partial charge in [-0.1, -0.05) is 0 Å². The molecule has 0 saturated heterocycles. The monoisotopic (exact) mass is 286 g/mol. The Morgan fingerprint density at radius 2 is 2.06 bits per heavy atom. The van der Waals surface area contributed by atoms with E-state index in [0.717, 1.165) is 25.7 Å². The van der Waals surface area contributed by atoms with Crippen LogP contribution in [-0.2, 0) is 0 Å². The fourth-order valence-corrected chi connectivity index (χ4v) is 2.18. The summed E-state index contributed by atoms with van der Waals surface area (Å²) in [5, 5.41) is 12.7. The zero-order chi connectivity index (χ0) is 11.5. The number of anilines is 2. The second kappa shape index (κ2) is 4.97. The molecule has 1 fully saturated rings. The van der Waals surface area contributed by atoms with Gasteiger partial charge in [0, 0.05) is 6.04 Å². The first-order chi connectivity index (χ1) is 7.65. The molecule has 1 heterocycles. The van der Waals surface area contributed by atoms with Crippen molar-refractivity contribution < 1.29 is 5.11 Å². The fraction of sp³-hybridized carbons (Fsp3) is 0.600. The van der Waals surface area contributed by atoms with Crippen molar-refractivity contribution in [1.29, 1.82) is 0 Å². The van der Waals surface area contributed by atoms with Crippen molar-refractivity contribution in [2.75, 3.05) is 11.1 Å². The molecule has 2 rings (SSSR count). The molecule has 1 aliphatic rings. The number of halogens is 1. The second-order valence-corrected chi connectivity index (χ2v) is 4.89. The molecule has 1 aromatic heterocycles. The summed E-state index contributed by atoms with van der Waals surface area (Å²) in [5.74, 6) is 1.03. The lowest BCUT2D eigenvalue weighted by Gasteiger charge is -2.26. The third-order valence-corrected chi connectivity index (χ3v) is 3.19. The highest BCUT2D eigenvalue weighted by Gasteiger charge is 2.20. The van der Waals surface area contributed by atoms with Gasteiger partial charge in [0.15, 0.2) is 11.6 Å². The van der Waals surface area contributed by atoms with Crippen LogP contribution in [0.5, 0.6) is 0 Å². The average Bonchev–Trinajstić information content (AvgIpc) is 2.27. The lowest BCUT2D eigenvalue weighted by atomic mass is 9.93. The number of aromatic nitrogens is 2. The van der Waals surface area contributed by atoms with Crippen LogP contribution in [0.1, 0.15) is 25.7 Å². The molecular formula is C10H15BrN4O. The third kappa shape index (κ3) is 2.82. The van der Waals surface area contributed by atoms with Crippen LogP contribution in [0.4, 0.5) is 11.6 Å². The van der Waals surface area contributed by atoms with Crippen LogP contribution in [0.2, 0.25) is 0 Å². The number of hydrogen-bond donors (Lipinski definition) is 3. The first-order valence-electron chi connectivity index (χ1n) is 5.38. The molecule has 6 heteroatoms. The number of nitrogens with one attached hydrogen (secondary N) is 1. The van der Waals surface area contributed by atoms with Crippen LogP contribution < -0.4 is 11.1 Å². The van der Waals surface area contributed by atoms with Crippen molar-refractivity contribution in [3.63, 3.8) is 0 Å². The highest BCUT2D eigenvalue weighted by atomic mass is 79.9. The molecule has 1 saturated carbocycles. The van der Waals surface area contributed by atoms with Crippen LogP contribution in [0.25, 0.3) is 0 Å². The van der Waals surface area contributed by atoms with E-state index in [1.165, 1.54) is 0 Å². The number of aliphatic hydroxyl groups excluding tert-OH is 1. The van der Waals surface area contributed by atoms with Gasteiger partial charge >= 0.3 is 0 Å². The van der Waals surface area contributed by atoms with Gasteiger partial charge in [-0.25, -0.2) is 9.97 Å². The van der Waals surface area contributed by atoms with Crippen molar-refractivity contribution in [1.82, 2.24) is 9.97 Å². The number of nitrogens with zero attached hydrogens (tertiary/aromatic N) is 2. The highest BCUT2D eigenvalue weighted by molar-refractivity contribution is 9.10. The Morgan fingerprint density at radius 3 is 2.75 bits per heavy atom. The van der Waals surface area contributed by atoms with E-state index in [9.17, 15) is 5.11 Å². The smallest absolute Gasteiger partial charge is 0.170 e. The van der Waals surface area contributed by atoms with Gasteiger partial charge in [-0.15, -0.1) is 0 Å². The van der Waals surface area contributed by atoms with Crippen LogP contribution in [-0.4, -0.2) is 27.2 Å². The predicted molar refractivity (Wildman–Crippen MR) is 66.0 cm³/mol. The molecule has 1 aliphatic carbocycles. The summed E-state index contributed by atoms with van der Waals surface area (Å²) >= 11 is 3.26. The maximum Gasteiger partial charge on any atom is 0.170 e. The van der Waals surface area contributed by atoms with Crippen molar-refractivity contribution in [2.45, 2.75) is 37.8 Å². The van der Waals surface area contributed by atoms with Crippen molar-refractivity contribution >= 4 is 27.6 Å². The molecule has 0 aromatic carbocycles. The largest absolute Gasteiger partial charge is 0.393 e. The summed E-state index contributed by atoms with van der Waals surface area (Å²) in [4.78, 5) is 8.26. The lowest BCUT2D eigenvalue weighted by molar-refractivity contribution is 0.126. The van der Waals surface area contributed by atoms with Gasteiger partial charge in [0.2, 0.25) is 0 Å². The minimum Gasteiger partial charge on any atom is -0.393 e. The van der Waals surface area contributed by atoms with Gasteiger partial charge in [0.25, 0.3) is 0 Å². The lowest BCUT2D eigenvalue weighted by Crippen LogP contribution is -2.29. The number of rotatable bonds is 2. The predicted octanol–water partition coefficient (Wildman–Crippen LogP) is 1.54. The molecule has 0 bridgehead atoms. The van der Waals surface area contributed by atoms with Gasteiger partial charge in [-0.2, -0.15) is 0 Å². The van der Waals surface area contributed by atoms with Gasteiger partial charge < -0.3 is 16.2 Å². The Kier molecular flexibility index (Phi) is 3.60. The third-order valence-electron chi connectivity index (χ3n) is 2.81. The molecule has 0 atom stereocenters. The molecule has 0 radical (unpaired) electrons. The van der Waals surface area contributed by atoms with Crippen molar-refractivity contribution in [3.8, 4) is 0 Å². The Balaban J connectivity index is 2.00. The molecule has 0 aliphatic heterocycles. The zero-order valence-electron chi connectivity index (χ0n) is 8.86. The first-order valence-corrected chi connectivity index (χ1v) is 6.17. The summed E-state index contributed by atoms with van der Waals surface area (Å²) in [5.41, 5.74) is 5.73. The molecule has 0 amide bonds. The Bertz CT molecular complexity index is 366. The van der Waals surface area contributed by atoms with Crippen LogP contribution in [0.15, 0.2) is 10.8 Å². The molecule has 16 heavy (non-hydrogen) atoms.